The zero-order chi connectivity index (χ0) is 14.2. The van der Waals surface area contributed by atoms with E-state index in [1.807, 2.05) is 6.20 Å². The fourth-order valence-electron chi connectivity index (χ4n) is 3.11. The van der Waals surface area contributed by atoms with Crippen molar-refractivity contribution < 1.29 is 0 Å². The molecule has 0 spiro atoms. The molecule has 3 heteroatoms. The van der Waals surface area contributed by atoms with Crippen LogP contribution in [0.1, 0.15) is 58.1 Å². The molecule has 3 rings (SSSR count). The molecule has 0 bridgehead atoms. The van der Waals surface area contributed by atoms with Crippen LogP contribution in [0.4, 0.5) is 0 Å². The Morgan fingerprint density at radius 3 is 2.85 bits per heavy atom. The summed E-state index contributed by atoms with van der Waals surface area (Å²) in [4.78, 5) is 4.55. The van der Waals surface area contributed by atoms with Crippen LogP contribution in [0.25, 0.3) is 10.2 Å². The zero-order valence-corrected chi connectivity index (χ0v) is 13.5. The number of hydrogen-bond acceptors (Lipinski definition) is 3. The number of thiophene rings is 1. The molecule has 1 aliphatic carbocycles. The molecule has 1 N–H and O–H groups in total. The molecule has 2 aromatic rings. The largest absolute Gasteiger partial charge is 0.307 e. The van der Waals surface area contributed by atoms with E-state index in [9.17, 15) is 0 Å². The van der Waals surface area contributed by atoms with Crippen LogP contribution in [0.2, 0.25) is 0 Å². The van der Waals surface area contributed by atoms with Crippen LogP contribution in [0.5, 0.6) is 0 Å². The smallest absolute Gasteiger partial charge is 0.0809 e. The van der Waals surface area contributed by atoms with Crippen molar-refractivity contribution >= 4 is 21.6 Å². The fourth-order valence-corrected chi connectivity index (χ4v) is 3.90. The molecular formula is C17H24N2S. The number of rotatable bonds is 3. The summed E-state index contributed by atoms with van der Waals surface area (Å²) in [7, 11) is 0. The number of aromatic nitrogens is 1. The average Bonchev–Trinajstić information content (AvgIpc) is 2.88. The minimum absolute atomic E-state index is 0.389. The van der Waals surface area contributed by atoms with E-state index in [-0.39, 0.29) is 0 Å². The highest BCUT2D eigenvalue weighted by molar-refractivity contribution is 7.17. The van der Waals surface area contributed by atoms with Gasteiger partial charge in [0.2, 0.25) is 0 Å². The van der Waals surface area contributed by atoms with Crippen molar-refractivity contribution in [3.8, 4) is 0 Å². The summed E-state index contributed by atoms with van der Waals surface area (Å²) < 4.78 is 1.29. The van der Waals surface area contributed by atoms with E-state index in [1.54, 1.807) is 11.3 Å². The highest BCUT2D eigenvalue weighted by atomic mass is 32.1. The van der Waals surface area contributed by atoms with Crippen LogP contribution in [0, 0.1) is 5.41 Å². The van der Waals surface area contributed by atoms with Crippen LogP contribution in [0.15, 0.2) is 23.7 Å². The lowest BCUT2D eigenvalue weighted by Crippen LogP contribution is -2.37. The Morgan fingerprint density at radius 2 is 2.10 bits per heavy atom. The Kier molecular flexibility index (Phi) is 3.83. The standard InChI is InChI=1S/C17H24N2S/c1-12(19-14-4-7-17(2,3)8-5-14)13-10-16-15(18-11-13)6-9-20-16/h6,9-12,14,19H,4-5,7-8H2,1-3H3. The Hall–Kier alpha value is -0.930. The highest BCUT2D eigenvalue weighted by Crippen LogP contribution is 2.35. The first kappa shape index (κ1) is 14.0. The van der Waals surface area contributed by atoms with Gasteiger partial charge in [-0.25, -0.2) is 0 Å². The quantitative estimate of drug-likeness (QED) is 0.867. The predicted molar refractivity (Wildman–Crippen MR) is 87.2 cm³/mol. The first-order valence-corrected chi connectivity index (χ1v) is 8.51. The van der Waals surface area contributed by atoms with Gasteiger partial charge in [-0.3, -0.25) is 4.98 Å². The monoisotopic (exact) mass is 288 g/mol. The molecule has 2 aromatic heterocycles. The zero-order valence-electron chi connectivity index (χ0n) is 12.6. The Balaban J connectivity index is 1.65. The molecule has 0 saturated heterocycles. The molecule has 20 heavy (non-hydrogen) atoms. The lowest BCUT2D eigenvalue weighted by atomic mass is 9.75. The van der Waals surface area contributed by atoms with Crippen LogP contribution >= 0.6 is 11.3 Å². The van der Waals surface area contributed by atoms with E-state index in [2.05, 4.69) is 48.6 Å². The van der Waals surface area contributed by atoms with Gasteiger partial charge in [-0.05, 0) is 61.1 Å². The summed E-state index contributed by atoms with van der Waals surface area (Å²) >= 11 is 1.77. The maximum atomic E-state index is 4.55. The second-order valence-electron chi connectivity index (χ2n) is 6.90. The van der Waals surface area contributed by atoms with E-state index in [0.29, 0.717) is 17.5 Å². The first-order chi connectivity index (χ1) is 9.53. The SMILES string of the molecule is CC(NC1CCC(C)(C)CC1)c1cnc2ccsc2c1. The number of fused-ring (bicyclic) bond motifs is 1. The Labute approximate surface area is 125 Å². The maximum absolute atomic E-state index is 4.55. The number of nitrogens with zero attached hydrogens (tertiary/aromatic N) is 1. The van der Waals surface area contributed by atoms with Crippen molar-refractivity contribution in [2.75, 3.05) is 0 Å². The summed E-state index contributed by atoms with van der Waals surface area (Å²) in [5, 5.41) is 5.91. The van der Waals surface area contributed by atoms with Crippen molar-refractivity contribution in [2.24, 2.45) is 5.41 Å². The Bertz CT molecular complexity index is 577. The van der Waals surface area contributed by atoms with Gasteiger partial charge < -0.3 is 5.32 Å². The second kappa shape index (κ2) is 5.45. The van der Waals surface area contributed by atoms with Crippen LogP contribution in [-0.4, -0.2) is 11.0 Å². The normalized spacial score (nSPS) is 21.1. The first-order valence-electron chi connectivity index (χ1n) is 7.63. The topological polar surface area (TPSA) is 24.9 Å². The molecular weight excluding hydrogens is 264 g/mol. The van der Waals surface area contributed by atoms with Crippen molar-refractivity contribution in [2.45, 2.75) is 58.5 Å². The Morgan fingerprint density at radius 1 is 1.35 bits per heavy atom. The van der Waals surface area contributed by atoms with Crippen LogP contribution in [-0.2, 0) is 0 Å². The third-order valence-electron chi connectivity index (χ3n) is 4.65. The van der Waals surface area contributed by atoms with Gasteiger partial charge in [-0.2, -0.15) is 0 Å². The molecule has 2 heterocycles. The molecule has 1 fully saturated rings. The van der Waals surface area contributed by atoms with E-state index in [1.165, 1.54) is 35.9 Å². The average molecular weight is 288 g/mol. The van der Waals surface area contributed by atoms with E-state index >= 15 is 0 Å². The minimum atomic E-state index is 0.389. The van der Waals surface area contributed by atoms with Crippen molar-refractivity contribution in [1.29, 1.82) is 0 Å². The van der Waals surface area contributed by atoms with Gasteiger partial charge in [-0.15, -0.1) is 11.3 Å². The molecule has 0 aliphatic heterocycles. The lowest BCUT2D eigenvalue weighted by molar-refractivity contribution is 0.200. The van der Waals surface area contributed by atoms with E-state index in [0.717, 1.165) is 5.52 Å². The molecule has 1 unspecified atom stereocenters. The summed E-state index contributed by atoms with van der Waals surface area (Å²) in [6.45, 7) is 7.04. The maximum Gasteiger partial charge on any atom is 0.0809 e. The molecule has 1 saturated carbocycles. The fraction of sp³-hybridized carbons (Fsp3) is 0.588. The van der Waals surface area contributed by atoms with Gasteiger partial charge in [0.15, 0.2) is 0 Å². The summed E-state index contributed by atoms with van der Waals surface area (Å²) in [6, 6.07) is 5.43. The van der Waals surface area contributed by atoms with Gasteiger partial charge >= 0.3 is 0 Å². The van der Waals surface area contributed by atoms with Gasteiger partial charge in [0.05, 0.1) is 10.2 Å². The molecule has 108 valence electrons. The third kappa shape index (κ3) is 3.04. The lowest BCUT2D eigenvalue weighted by Gasteiger charge is -2.36. The number of pyridine rings is 1. The van der Waals surface area contributed by atoms with Gasteiger partial charge in [0, 0.05) is 18.3 Å². The molecule has 0 radical (unpaired) electrons. The minimum Gasteiger partial charge on any atom is -0.307 e. The second-order valence-corrected chi connectivity index (χ2v) is 7.85. The summed E-state index contributed by atoms with van der Waals surface area (Å²) in [5.74, 6) is 0. The molecule has 0 amide bonds. The van der Waals surface area contributed by atoms with Crippen LogP contribution in [0.3, 0.4) is 0 Å². The van der Waals surface area contributed by atoms with Crippen molar-refractivity contribution in [3.05, 3.63) is 29.3 Å². The van der Waals surface area contributed by atoms with Gasteiger partial charge in [0.25, 0.3) is 0 Å². The highest BCUT2D eigenvalue weighted by Gasteiger charge is 2.27. The van der Waals surface area contributed by atoms with Crippen molar-refractivity contribution in [1.82, 2.24) is 10.3 Å². The number of nitrogens with one attached hydrogen (secondary N) is 1. The molecule has 1 atom stereocenters. The number of hydrogen-bond donors (Lipinski definition) is 1. The van der Waals surface area contributed by atoms with Crippen LogP contribution < -0.4 is 5.32 Å². The predicted octanol–water partition coefficient (Wildman–Crippen LogP) is 4.92. The van der Waals surface area contributed by atoms with Gasteiger partial charge in [0.1, 0.15) is 0 Å². The van der Waals surface area contributed by atoms with Gasteiger partial charge in [-0.1, -0.05) is 13.8 Å². The van der Waals surface area contributed by atoms with Crippen molar-refractivity contribution in [3.63, 3.8) is 0 Å². The summed E-state index contributed by atoms with van der Waals surface area (Å²) in [6.07, 6.45) is 7.29. The molecule has 2 nitrogen and oxygen atoms in total. The van der Waals surface area contributed by atoms with E-state index < -0.39 is 0 Å². The summed E-state index contributed by atoms with van der Waals surface area (Å²) in [5.41, 5.74) is 2.97. The molecule has 1 aliphatic rings. The van der Waals surface area contributed by atoms with E-state index in [4.69, 9.17) is 0 Å². The third-order valence-corrected chi connectivity index (χ3v) is 5.50. The molecule has 0 aromatic carbocycles.